The number of rotatable bonds is 4. The highest BCUT2D eigenvalue weighted by Gasteiger charge is 2.11. The number of benzene rings is 2. The number of aryl methyl sites for hydroxylation is 1. The molecule has 1 nitrogen and oxygen atoms in total. The van der Waals surface area contributed by atoms with Crippen molar-refractivity contribution in [3.8, 4) is 0 Å². The molecule has 0 radical (unpaired) electrons. The summed E-state index contributed by atoms with van der Waals surface area (Å²) in [6.45, 7) is 5.70. The highest BCUT2D eigenvalue weighted by Crippen LogP contribution is 2.18. The fraction of sp³-hybridized carbons (Fsp3) is 0.150. The Bertz CT molecular complexity index is 786. The molecule has 0 amide bonds. The molecule has 0 unspecified atom stereocenters. The smallest absolute Gasteiger partial charge is 0.189 e. The molecule has 0 heterocycles. The zero-order valence-electron chi connectivity index (χ0n) is 13.4. The SMILES string of the molecule is C/C(=C\C=C(/C)c1ccc(F)cc1)C(=O)c1cc(I)ccc1C. The molecular weight excluding hydrogens is 402 g/mol. The Hall–Kier alpha value is -1.75. The minimum Gasteiger partial charge on any atom is -0.289 e. The van der Waals surface area contributed by atoms with Gasteiger partial charge in [-0.15, -0.1) is 0 Å². The molecule has 0 spiro atoms. The van der Waals surface area contributed by atoms with Crippen molar-refractivity contribution in [3.63, 3.8) is 0 Å². The van der Waals surface area contributed by atoms with Crippen molar-refractivity contribution < 1.29 is 9.18 Å². The molecule has 23 heavy (non-hydrogen) atoms. The number of allylic oxidation sites excluding steroid dienone is 4. The first-order valence-electron chi connectivity index (χ1n) is 7.30. The molecule has 0 N–H and O–H groups in total. The summed E-state index contributed by atoms with van der Waals surface area (Å²) in [7, 11) is 0. The Balaban J connectivity index is 2.25. The molecule has 0 aromatic heterocycles. The average Bonchev–Trinajstić information content (AvgIpc) is 2.54. The molecule has 0 aliphatic rings. The fourth-order valence-electron chi connectivity index (χ4n) is 2.19. The lowest BCUT2D eigenvalue weighted by Crippen LogP contribution is -2.03. The van der Waals surface area contributed by atoms with Gasteiger partial charge in [-0.25, -0.2) is 4.39 Å². The highest BCUT2D eigenvalue weighted by molar-refractivity contribution is 14.1. The van der Waals surface area contributed by atoms with Gasteiger partial charge < -0.3 is 0 Å². The molecule has 0 aliphatic heterocycles. The van der Waals surface area contributed by atoms with Crippen LogP contribution in [0, 0.1) is 16.3 Å². The summed E-state index contributed by atoms with van der Waals surface area (Å²) in [4.78, 5) is 12.6. The van der Waals surface area contributed by atoms with Gasteiger partial charge in [0.05, 0.1) is 0 Å². The maximum Gasteiger partial charge on any atom is 0.189 e. The van der Waals surface area contributed by atoms with Crippen LogP contribution in [0.25, 0.3) is 5.57 Å². The summed E-state index contributed by atoms with van der Waals surface area (Å²) < 4.78 is 14.0. The lowest BCUT2D eigenvalue weighted by atomic mass is 9.99. The van der Waals surface area contributed by atoms with Crippen LogP contribution in [0.4, 0.5) is 4.39 Å². The van der Waals surface area contributed by atoms with E-state index in [1.807, 2.05) is 51.1 Å². The lowest BCUT2D eigenvalue weighted by molar-refractivity contribution is 0.103. The van der Waals surface area contributed by atoms with Gasteiger partial charge in [-0.1, -0.05) is 30.4 Å². The van der Waals surface area contributed by atoms with Gasteiger partial charge in [0.25, 0.3) is 0 Å². The van der Waals surface area contributed by atoms with Gasteiger partial charge in [0, 0.05) is 9.13 Å². The molecular formula is C20H18FIO. The molecule has 118 valence electrons. The van der Waals surface area contributed by atoms with E-state index in [-0.39, 0.29) is 11.6 Å². The third-order valence-electron chi connectivity index (χ3n) is 3.69. The molecule has 2 rings (SSSR count). The number of Topliss-reactive ketones (excluding diaryl/α,β-unsaturated/α-hetero) is 1. The van der Waals surface area contributed by atoms with Gasteiger partial charge in [0.15, 0.2) is 5.78 Å². The maximum absolute atomic E-state index is 13.0. The Morgan fingerprint density at radius 2 is 1.70 bits per heavy atom. The molecule has 0 fully saturated rings. The third-order valence-corrected chi connectivity index (χ3v) is 4.36. The van der Waals surface area contributed by atoms with Crippen LogP contribution in [-0.4, -0.2) is 5.78 Å². The van der Waals surface area contributed by atoms with E-state index in [2.05, 4.69) is 22.6 Å². The monoisotopic (exact) mass is 420 g/mol. The van der Waals surface area contributed by atoms with Crippen molar-refractivity contribution in [3.05, 3.63) is 86.3 Å². The van der Waals surface area contributed by atoms with Crippen LogP contribution in [0.2, 0.25) is 0 Å². The first-order valence-corrected chi connectivity index (χ1v) is 8.38. The van der Waals surface area contributed by atoms with Crippen molar-refractivity contribution in [2.24, 2.45) is 0 Å². The molecule has 2 aromatic carbocycles. The van der Waals surface area contributed by atoms with Gasteiger partial charge >= 0.3 is 0 Å². The molecule has 0 aliphatic carbocycles. The van der Waals surface area contributed by atoms with E-state index in [1.165, 1.54) is 12.1 Å². The number of ketones is 1. The zero-order valence-corrected chi connectivity index (χ0v) is 15.5. The molecule has 0 saturated carbocycles. The van der Waals surface area contributed by atoms with E-state index in [1.54, 1.807) is 12.1 Å². The second-order valence-electron chi connectivity index (χ2n) is 5.49. The minimum absolute atomic E-state index is 0.0316. The van der Waals surface area contributed by atoms with Crippen molar-refractivity contribution in [2.75, 3.05) is 0 Å². The maximum atomic E-state index is 13.0. The summed E-state index contributed by atoms with van der Waals surface area (Å²) in [5.74, 6) is -0.221. The van der Waals surface area contributed by atoms with Gasteiger partial charge in [0.1, 0.15) is 5.82 Å². The van der Waals surface area contributed by atoms with Crippen LogP contribution in [0.3, 0.4) is 0 Å². The van der Waals surface area contributed by atoms with Gasteiger partial charge in [-0.2, -0.15) is 0 Å². The summed E-state index contributed by atoms with van der Waals surface area (Å²) in [5, 5.41) is 0. The molecule has 0 atom stereocenters. The number of carbonyl (C=O) groups excluding carboxylic acids is 1. The van der Waals surface area contributed by atoms with Crippen molar-refractivity contribution in [1.82, 2.24) is 0 Å². The topological polar surface area (TPSA) is 17.1 Å². The van der Waals surface area contributed by atoms with E-state index < -0.39 is 0 Å². The lowest BCUT2D eigenvalue weighted by Gasteiger charge is -2.06. The molecule has 0 bridgehead atoms. The molecule has 2 aromatic rings. The van der Waals surface area contributed by atoms with Crippen LogP contribution in [0.5, 0.6) is 0 Å². The second kappa shape index (κ2) is 7.68. The van der Waals surface area contributed by atoms with Crippen LogP contribution in [0.1, 0.15) is 35.3 Å². The summed E-state index contributed by atoms with van der Waals surface area (Å²) in [5.41, 5.74) is 4.31. The number of halogens is 2. The van der Waals surface area contributed by atoms with E-state index in [4.69, 9.17) is 0 Å². The Morgan fingerprint density at radius 3 is 2.35 bits per heavy atom. The van der Waals surface area contributed by atoms with Gasteiger partial charge in [-0.05, 0) is 89.9 Å². The Morgan fingerprint density at radius 1 is 1.04 bits per heavy atom. The van der Waals surface area contributed by atoms with E-state index in [0.717, 1.165) is 25.8 Å². The molecule has 3 heteroatoms. The quantitative estimate of drug-likeness (QED) is 0.258. The second-order valence-corrected chi connectivity index (χ2v) is 6.74. The number of carbonyl (C=O) groups is 1. The predicted octanol–water partition coefficient (Wildman–Crippen LogP) is 5.97. The zero-order chi connectivity index (χ0) is 17.0. The largest absolute Gasteiger partial charge is 0.289 e. The predicted molar refractivity (Wildman–Crippen MR) is 102 cm³/mol. The molecule has 0 saturated heterocycles. The van der Waals surface area contributed by atoms with Crippen LogP contribution < -0.4 is 0 Å². The Kier molecular flexibility index (Phi) is 5.88. The minimum atomic E-state index is -0.252. The van der Waals surface area contributed by atoms with Gasteiger partial charge in [-0.3, -0.25) is 4.79 Å². The standard InChI is InChI=1S/C20H18FIO/c1-13(16-7-9-17(21)10-8-16)4-5-15(3)20(23)19-12-18(22)11-6-14(19)2/h4-12H,1-3H3/b13-4+,15-5+. The summed E-state index contributed by atoms with van der Waals surface area (Å²) >= 11 is 2.21. The highest BCUT2D eigenvalue weighted by atomic mass is 127. The van der Waals surface area contributed by atoms with E-state index in [0.29, 0.717) is 5.57 Å². The third kappa shape index (κ3) is 4.61. The number of hydrogen-bond acceptors (Lipinski definition) is 1. The summed E-state index contributed by atoms with van der Waals surface area (Å²) in [6, 6.07) is 12.2. The van der Waals surface area contributed by atoms with E-state index in [9.17, 15) is 9.18 Å². The van der Waals surface area contributed by atoms with Crippen molar-refractivity contribution in [1.29, 1.82) is 0 Å². The fourth-order valence-corrected chi connectivity index (χ4v) is 2.68. The first-order chi connectivity index (χ1) is 10.9. The number of hydrogen-bond donors (Lipinski definition) is 0. The van der Waals surface area contributed by atoms with Crippen molar-refractivity contribution >= 4 is 33.9 Å². The average molecular weight is 420 g/mol. The van der Waals surface area contributed by atoms with Gasteiger partial charge in [0.2, 0.25) is 0 Å². The van der Waals surface area contributed by atoms with Crippen LogP contribution in [-0.2, 0) is 0 Å². The van der Waals surface area contributed by atoms with E-state index >= 15 is 0 Å². The first kappa shape index (κ1) is 17.6. The van der Waals surface area contributed by atoms with Crippen molar-refractivity contribution in [2.45, 2.75) is 20.8 Å². The van der Waals surface area contributed by atoms with Crippen LogP contribution in [0.15, 0.2) is 60.2 Å². The normalized spacial score (nSPS) is 12.4. The summed E-state index contributed by atoms with van der Waals surface area (Å²) in [6.07, 6.45) is 3.71. The Labute approximate surface area is 150 Å². The van der Waals surface area contributed by atoms with Crippen LogP contribution >= 0.6 is 22.6 Å².